The number of aryl methyl sites for hydroxylation is 1. The van der Waals surface area contributed by atoms with Gasteiger partial charge in [0, 0.05) is 5.02 Å². The molecule has 0 unspecified atom stereocenters. The molecule has 1 heterocycles. The summed E-state index contributed by atoms with van der Waals surface area (Å²) in [5.74, 6) is -1.10. The molecule has 0 aliphatic rings. The summed E-state index contributed by atoms with van der Waals surface area (Å²) in [5.41, 5.74) is 0.993. The minimum absolute atomic E-state index is 0.00615. The van der Waals surface area contributed by atoms with Gasteiger partial charge in [-0.25, -0.2) is 9.48 Å². The van der Waals surface area contributed by atoms with Gasteiger partial charge in [0.1, 0.15) is 10.7 Å². The Hall–Kier alpha value is -1.52. The first-order valence-corrected chi connectivity index (χ1v) is 5.50. The second-order valence-corrected chi connectivity index (χ2v) is 4.24. The Kier molecular flexibility index (Phi) is 3.09. The summed E-state index contributed by atoms with van der Waals surface area (Å²) < 4.78 is 1.35. The minimum atomic E-state index is -1.10. The second-order valence-electron chi connectivity index (χ2n) is 3.45. The van der Waals surface area contributed by atoms with Crippen LogP contribution in [0.1, 0.15) is 16.1 Å². The van der Waals surface area contributed by atoms with Crippen molar-refractivity contribution in [1.82, 2.24) is 9.78 Å². The van der Waals surface area contributed by atoms with Crippen LogP contribution in [-0.4, -0.2) is 20.9 Å². The van der Waals surface area contributed by atoms with Crippen molar-refractivity contribution in [1.29, 1.82) is 0 Å². The predicted molar refractivity (Wildman–Crippen MR) is 65.3 cm³/mol. The lowest BCUT2D eigenvalue weighted by Gasteiger charge is -2.03. The minimum Gasteiger partial charge on any atom is -0.478 e. The van der Waals surface area contributed by atoms with Crippen LogP contribution in [0.15, 0.2) is 24.3 Å². The van der Waals surface area contributed by atoms with Gasteiger partial charge in [-0.15, -0.1) is 0 Å². The van der Waals surface area contributed by atoms with Gasteiger partial charge in [0.2, 0.25) is 0 Å². The van der Waals surface area contributed by atoms with E-state index in [4.69, 9.17) is 28.3 Å². The lowest BCUT2D eigenvalue weighted by Crippen LogP contribution is -1.99. The summed E-state index contributed by atoms with van der Waals surface area (Å²) in [7, 11) is 0. The van der Waals surface area contributed by atoms with Crippen molar-refractivity contribution in [2.75, 3.05) is 0 Å². The van der Waals surface area contributed by atoms with Crippen molar-refractivity contribution in [3.05, 3.63) is 45.7 Å². The number of carbonyl (C=O) groups is 1. The zero-order chi connectivity index (χ0) is 12.6. The van der Waals surface area contributed by atoms with Gasteiger partial charge in [0.25, 0.3) is 0 Å². The molecule has 0 radical (unpaired) electrons. The zero-order valence-corrected chi connectivity index (χ0v) is 10.3. The normalized spacial score (nSPS) is 10.5. The molecule has 1 aromatic carbocycles. The van der Waals surface area contributed by atoms with Crippen LogP contribution in [0.25, 0.3) is 5.69 Å². The fourth-order valence-electron chi connectivity index (χ4n) is 1.52. The quantitative estimate of drug-likeness (QED) is 0.912. The van der Waals surface area contributed by atoms with E-state index in [1.165, 1.54) is 4.68 Å². The molecule has 88 valence electrons. The van der Waals surface area contributed by atoms with Crippen molar-refractivity contribution < 1.29 is 9.90 Å². The number of hydrogen-bond acceptors (Lipinski definition) is 2. The van der Waals surface area contributed by atoms with E-state index in [1.54, 1.807) is 31.2 Å². The van der Waals surface area contributed by atoms with Crippen LogP contribution in [0.2, 0.25) is 10.2 Å². The molecule has 1 N–H and O–H groups in total. The Labute approximate surface area is 107 Å². The van der Waals surface area contributed by atoms with Crippen LogP contribution in [-0.2, 0) is 0 Å². The van der Waals surface area contributed by atoms with Crippen LogP contribution in [0, 0.1) is 6.92 Å². The number of hydrogen-bond donors (Lipinski definition) is 1. The number of nitrogens with zero attached hydrogens (tertiary/aromatic N) is 2. The van der Waals surface area contributed by atoms with Gasteiger partial charge >= 0.3 is 5.97 Å². The van der Waals surface area contributed by atoms with Crippen molar-refractivity contribution in [2.24, 2.45) is 0 Å². The molecule has 0 bridgehead atoms. The molecule has 0 aliphatic heterocycles. The first-order valence-electron chi connectivity index (χ1n) is 4.75. The lowest BCUT2D eigenvalue weighted by molar-refractivity contribution is 0.0696. The van der Waals surface area contributed by atoms with Gasteiger partial charge in [-0.1, -0.05) is 29.3 Å². The number of aromatic nitrogens is 2. The fourth-order valence-corrected chi connectivity index (χ4v) is 2.06. The molecule has 0 amide bonds. The van der Waals surface area contributed by atoms with Gasteiger partial charge in [0.05, 0.1) is 11.4 Å². The van der Waals surface area contributed by atoms with Crippen molar-refractivity contribution >= 4 is 29.2 Å². The fraction of sp³-hybridized carbons (Fsp3) is 0.0909. The molecule has 6 heteroatoms. The van der Waals surface area contributed by atoms with Gasteiger partial charge in [-0.05, 0) is 25.1 Å². The number of carboxylic acids is 1. The summed E-state index contributed by atoms with van der Waals surface area (Å²) in [5, 5.41) is 13.7. The van der Waals surface area contributed by atoms with Gasteiger partial charge in [0.15, 0.2) is 0 Å². The molecule has 17 heavy (non-hydrogen) atoms. The third-order valence-electron chi connectivity index (χ3n) is 2.27. The van der Waals surface area contributed by atoms with Crippen LogP contribution in [0.4, 0.5) is 0 Å². The van der Waals surface area contributed by atoms with Crippen molar-refractivity contribution in [3.63, 3.8) is 0 Å². The molecule has 2 aromatic rings. The average Bonchev–Trinajstić information content (AvgIpc) is 2.54. The molecule has 4 nitrogen and oxygen atoms in total. The molecule has 0 aliphatic carbocycles. The van der Waals surface area contributed by atoms with E-state index in [0.29, 0.717) is 16.4 Å². The van der Waals surface area contributed by atoms with Crippen molar-refractivity contribution in [2.45, 2.75) is 6.92 Å². The van der Waals surface area contributed by atoms with Crippen LogP contribution in [0.5, 0.6) is 0 Å². The van der Waals surface area contributed by atoms with Crippen molar-refractivity contribution in [3.8, 4) is 5.69 Å². The smallest absolute Gasteiger partial charge is 0.340 e. The molecular formula is C11H8Cl2N2O2. The van der Waals surface area contributed by atoms with E-state index < -0.39 is 5.97 Å². The molecule has 0 atom stereocenters. The summed E-state index contributed by atoms with van der Waals surface area (Å²) >= 11 is 11.8. The maximum absolute atomic E-state index is 11.0. The second kappa shape index (κ2) is 4.39. The highest BCUT2D eigenvalue weighted by Crippen LogP contribution is 2.24. The topological polar surface area (TPSA) is 55.1 Å². The highest BCUT2D eigenvalue weighted by atomic mass is 35.5. The summed E-state index contributed by atoms with van der Waals surface area (Å²) in [4.78, 5) is 11.0. The van der Waals surface area contributed by atoms with E-state index in [2.05, 4.69) is 5.10 Å². The first kappa shape index (κ1) is 12.0. The maximum atomic E-state index is 11.0. The van der Waals surface area contributed by atoms with Gasteiger partial charge < -0.3 is 5.11 Å². The maximum Gasteiger partial charge on any atom is 0.340 e. The van der Waals surface area contributed by atoms with E-state index >= 15 is 0 Å². The van der Waals surface area contributed by atoms with Crippen LogP contribution >= 0.6 is 23.2 Å². The monoisotopic (exact) mass is 270 g/mol. The number of aromatic carboxylic acids is 1. The molecule has 1 aromatic heterocycles. The zero-order valence-electron chi connectivity index (χ0n) is 8.82. The molecule has 0 fully saturated rings. The Balaban J connectivity index is 2.62. The Morgan fingerprint density at radius 1 is 1.41 bits per heavy atom. The average molecular weight is 271 g/mol. The molecule has 0 saturated carbocycles. The highest BCUT2D eigenvalue weighted by Gasteiger charge is 2.20. The Morgan fingerprint density at radius 2 is 2.12 bits per heavy atom. The highest BCUT2D eigenvalue weighted by molar-refractivity contribution is 6.33. The third-order valence-corrected chi connectivity index (χ3v) is 2.85. The Bertz CT molecular complexity index is 593. The SMILES string of the molecule is Cc1nn(-c2cccc(Cl)c2)c(Cl)c1C(=O)O. The lowest BCUT2D eigenvalue weighted by atomic mass is 10.3. The standard InChI is InChI=1S/C11H8Cl2N2O2/c1-6-9(11(16)17)10(13)15(14-6)8-4-2-3-7(12)5-8/h2-5H,1H3,(H,16,17). The van der Waals surface area contributed by atoms with E-state index in [9.17, 15) is 4.79 Å². The van der Waals surface area contributed by atoms with Gasteiger partial charge in [-0.3, -0.25) is 0 Å². The molecule has 0 saturated heterocycles. The summed E-state index contributed by atoms with van der Waals surface area (Å²) in [6.07, 6.45) is 0. The van der Waals surface area contributed by atoms with E-state index in [1.807, 2.05) is 0 Å². The van der Waals surface area contributed by atoms with E-state index in [0.717, 1.165) is 0 Å². The number of halogens is 2. The van der Waals surface area contributed by atoms with Crippen LogP contribution < -0.4 is 0 Å². The molecule has 0 spiro atoms. The van der Waals surface area contributed by atoms with Crippen LogP contribution in [0.3, 0.4) is 0 Å². The molecule has 2 rings (SSSR count). The molecular weight excluding hydrogens is 263 g/mol. The summed E-state index contributed by atoms with van der Waals surface area (Å²) in [6, 6.07) is 6.86. The largest absolute Gasteiger partial charge is 0.478 e. The number of carboxylic acid groups (broad SMARTS) is 1. The third kappa shape index (κ3) is 2.14. The number of rotatable bonds is 2. The predicted octanol–water partition coefficient (Wildman–Crippen LogP) is 3.19. The summed E-state index contributed by atoms with van der Waals surface area (Å²) in [6.45, 7) is 1.59. The first-order chi connectivity index (χ1) is 8.00. The van der Waals surface area contributed by atoms with E-state index in [-0.39, 0.29) is 10.7 Å². The number of benzene rings is 1. The Morgan fingerprint density at radius 3 is 2.65 bits per heavy atom. The van der Waals surface area contributed by atoms with Gasteiger partial charge in [-0.2, -0.15) is 5.10 Å².